The first kappa shape index (κ1) is 15.1. The molecule has 0 aliphatic heterocycles. The van der Waals surface area contributed by atoms with Gasteiger partial charge in [-0.15, -0.1) is 5.10 Å². The standard InChI is InChI=1S/C17H18FN5/c1-10-6-7-21-14-8-12(11-2-4-13(18)5-3-11)9-15(16(10)14)22-23-17(19)20/h2-7,12H,8-9H2,1H3,(H4,19,20,23). The lowest BCUT2D eigenvalue weighted by Crippen LogP contribution is -2.24. The molecule has 118 valence electrons. The van der Waals surface area contributed by atoms with Crippen molar-refractivity contribution in [1.29, 1.82) is 0 Å². The molecule has 0 bridgehead atoms. The lowest BCUT2D eigenvalue weighted by molar-refractivity contribution is 0.622. The number of aryl methyl sites for hydroxylation is 1. The Hall–Kier alpha value is -2.76. The number of nitrogens with zero attached hydrogens (tertiary/aromatic N) is 3. The smallest absolute Gasteiger partial charge is 0.211 e. The highest BCUT2D eigenvalue weighted by Gasteiger charge is 2.27. The number of fused-ring (bicyclic) bond motifs is 1. The predicted molar refractivity (Wildman–Crippen MR) is 88.8 cm³/mol. The van der Waals surface area contributed by atoms with Gasteiger partial charge in [-0.3, -0.25) is 4.98 Å². The maximum absolute atomic E-state index is 13.2. The average Bonchev–Trinajstić information content (AvgIpc) is 2.53. The first-order valence-corrected chi connectivity index (χ1v) is 7.40. The maximum Gasteiger partial charge on any atom is 0.211 e. The van der Waals surface area contributed by atoms with Crippen LogP contribution in [0.25, 0.3) is 0 Å². The van der Waals surface area contributed by atoms with Crippen molar-refractivity contribution in [2.45, 2.75) is 25.7 Å². The van der Waals surface area contributed by atoms with Crippen LogP contribution in [0.1, 0.15) is 34.7 Å². The molecule has 1 aliphatic rings. The third kappa shape index (κ3) is 3.21. The molecule has 0 saturated carbocycles. The van der Waals surface area contributed by atoms with Crippen LogP contribution in [-0.2, 0) is 6.42 Å². The minimum absolute atomic E-state index is 0.0792. The highest BCUT2D eigenvalue weighted by molar-refractivity contribution is 6.04. The monoisotopic (exact) mass is 311 g/mol. The van der Waals surface area contributed by atoms with Gasteiger partial charge in [-0.05, 0) is 55.0 Å². The van der Waals surface area contributed by atoms with Gasteiger partial charge in [0.15, 0.2) is 0 Å². The van der Waals surface area contributed by atoms with E-state index in [9.17, 15) is 4.39 Å². The molecule has 3 rings (SSSR count). The largest absolute Gasteiger partial charge is 0.369 e. The van der Waals surface area contributed by atoms with Crippen molar-refractivity contribution < 1.29 is 4.39 Å². The summed E-state index contributed by atoms with van der Waals surface area (Å²) in [6.07, 6.45) is 3.25. The van der Waals surface area contributed by atoms with Crippen LogP contribution in [0.5, 0.6) is 0 Å². The summed E-state index contributed by atoms with van der Waals surface area (Å²) in [6.45, 7) is 2.02. The van der Waals surface area contributed by atoms with Crippen molar-refractivity contribution in [3.05, 3.63) is 64.7 Å². The average molecular weight is 311 g/mol. The van der Waals surface area contributed by atoms with Crippen molar-refractivity contribution in [2.24, 2.45) is 21.7 Å². The van der Waals surface area contributed by atoms with E-state index in [0.717, 1.165) is 34.5 Å². The number of benzene rings is 1. The summed E-state index contributed by atoms with van der Waals surface area (Å²) in [7, 11) is 0. The normalized spacial score (nSPS) is 18.5. The number of halogens is 1. The van der Waals surface area contributed by atoms with Gasteiger partial charge in [-0.1, -0.05) is 12.1 Å². The Kier molecular flexibility index (Phi) is 4.06. The Morgan fingerprint density at radius 3 is 2.61 bits per heavy atom. The zero-order chi connectivity index (χ0) is 16.4. The molecule has 0 spiro atoms. The van der Waals surface area contributed by atoms with Gasteiger partial charge in [-0.25, -0.2) is 4.39 Å². The van der Waals surface area contributed by atoms with Crippen molar-refractivity contribution in [2.75, 3.05) is 0 Å². The number of guanidine groups is 1. The van der Waals surface area contributed by atoms with Crippen molar-refractivity contribution in [3.8, 4) is 0 Å². The molecule has 0 saturated heterocycles. The van der Waals surface area contributed by atoms with E-state index in [-0.39, 0.29) is 17.7 Å². The third-order valence-corrected chi connectivity index (χ3v) is 4.03. The SMILES string of the molecule is Cc1ccnc2c1C(=NN=C(N)N)CC(c1ccc(F)cc1)C2. The lowest BCUT2D eigenvalue weighted by atomic mass is 9.80. The van der Waals surface area contributed by atoms with E-state index in [1.165, 1.54) is 12.1 Å². The van der Waals surface area contributed by atoms with E-state index < -0.39 is 0 Å². The molecule has 5 nitrogen and oxygen atoms in total. The van der Waals surface area contributed by atoms with Gasteiger partial charge in [0.1, 0.15) is 5.82 Å². The van der Waals surface area contributed by atoms with Crippen LogP contribution in [0.3, 0.4) is 0 Å². The number of aromatic nitrogens is 1. The first-order valence-electron chi connectivity index (χ1n) is 7.40. The molecule has 6 heteroatoms. The quantitative estimate of drug-likeness (QED) is 0.506. The number of pyridine rings is 1. The third-order valence-electron chi connectivity index (χ3n) is 4.03. The maximum atomic E-state index is 13.2. The zero-order valence-corrected chi connectivity index (χ0v) is 12.8. The molecule has 1 aromatic heterocycles. The van der Waals surface area contributed by atoms with Crippen LogP contribution >= 0.6 is 0 Å². The fourth-order valence-electron chi connectivity index (χ4n) is 2.98. The molecule has 0 radical (unpaired) electrons. The summed E-state index contributed by atoms with van der Waals surface area (Å²) < 4.78 is 13.2. The topological polar surface area (TPSA) is 89.6 Å². The molecule has 1 unspecified atom stereocenters. The minimum atomic E-state index is -0.242. The molecule has 2 aromatic rings. The Labute approximate surface area is 133 Å². The highest BCUT2D eigenvalue weighted by Crippen LogP contribution is 2.33. The Morgan fingerprint density at radius 2 is 1.91 bits per heavy atom. The lowest BCUT2D eigenvalue weighted by Gasteiger charge is -2.26. The van der Waals surface area contributed by atoms with Crippen molar-refractivity contribution >= 4 is 11.7 Å². The van der Waals surface area contributed by atoms with E-state index in [1.807, 2.05) is 13.0 Å². The molecule has 0 fully saturated rings. The summed E-state index contributed by atoms with van der Waals surface area (Å²) in [6, 6.07) is 8.50. The van der Waals surface area contributed by atoms with Crippen LogP contribution in [-0.4, -0.2) is 16.7 Å². The van der Waals surface area contributed by atoms with Crippen LogP contribution in [0.15, 0.2) is 46.7 Å². The van der Waals surface area contributed by atoms with Gasteiger partial charge in [0.2, 0.25) is 5.96 Å². The number of nitrogens with two attached hydrogens (primary N) is 2. The van der Waals surface area contributed by atoms with E-state index in [4.69, 9.17) is 11.5 Å². The second-order valence-electron chi connectivity index (χ2n) is 5.68. The van der Waals surface area contributed by atoms with Gasteiger partial charge >= 0.3 is 0 Å². The van der Waals surface area contributed by atoms with E-state index in [0.29, 0.717) is 6.42 Å². The van der Waals surface area contributed by atoms with Crippen LogP contribution < -0.4 is 11.5 Å². The van der Waals surface area contributed by atoms with Crippen molar-refractivity contribution in [1.82, 2.24) is 4.98 Å². The molecule has 1 atom stereocenters. The summed E-state index contributed by atoms with van der Waals surface area (Å²) >= 11 is 0. The van der Waals surface area contributed by atoms with E-state index in [2.05, 4.69) is 15.2 Å². The summed E-state index contributed by atoms with van der Waals surface area (Å²) in [5.41, 5.74) is 15.7. The highest BCUT2D eigenvalue weighted by atomic mass is 19.1. The minimum Gasteiger partial charge on any atom is -0.369 e. The second kappa shape index (κ2) is 6.16. The summed E-state index contributed by atoms with van der Waals surface area (Å²) in [5.74, 6) is -0.150. The Balaban J connectivity index is 2.04. The second-order valence-corrected chi connectivity index (χ2v) is 5.68. The summed E-state index contributed by atoms with van der Waals surface area (Å²) in [4.78, 5) is 4.48. The van der Waals surface area contributed by atoms with Crippen molar-refractivity contribution in [3.63, 3.8) is 0 Å². The van der Waals surface area contributed by atoms with Gasteiger partial charge in [-0.2, -0.15) is 5.10 Å². The molecular weight excluding hydrogens is 293 g/mol. The van der Waals surface area contributed by atoms with E-state index in [1.54, 1.807) is 18.3 Å². The van der Waals surface area contributed by atoms with Gasteiger partial charge < -0.3 is 11.5 Å². The Morgan fingerprint density at radius 1 is 1.17 bits per heavy atom. The molecule has 1 aromatic carbocycles. The molecular formula is C17H18FN5. The van der Waals surface area contributed by atoms with E-state index >= 15 is 0 Å². The number of hydrogen-bond donors (Lipinski definition) is 2. The fraction of sp³-hybridized carbons (Fsp3) is 0.235. The number of hydrogen-bond acceptors (Lipinski definition) is 3. The van der Waals surface area contributed by atoms with Crippen LogP contribution in [0.4, 0.5) is 4.39 Å². The zero-order valence-electron chi connectivity index (χ0n) is 12.8. The number of rotatable bonds is 2. The predicted octanol–water partition coefficient (Wildman–Crippen LogP) is 2.24. The Bertz CT molecular complexity index is 776. The molecule has 1 aliphatic carbocycles. The molecule has 0 amide bonds. The summed E-state index contributed by atoms with van der Waals surface area (Å²) in [5, 5.41) is 8.02. The first-order chi connectivity index (χ1) is 11.0. The van der Waals surface area contributed by atoms with Gasteiger partial charge in [0, 0.05) is 11.8 Å². The van der Waals surface area contributed by atoms with Crippen LogP contribution in [0.2, 0.25) is 0 Å². The molecule has 1 heterocycles. The molecule has 4 N–H and O–H groups in total. The van der Waals surface area contributed by atoms with Crippen LogP contribution in [0, 0.1) is 12.7 Å². The van der Waals surface area contributed by atoms with Gasteiger partial charge in [0.25, 0.3) is 0 Å². The molecule has 23 heavy (non-hydrogen) atoms. The van der Waals surface area contributed by atoms with Gasteiger partial charge in [0.05, 0.1) is 11.4 Å². The fourth-order valence-corrected chi connectivity index (χ4v) is 2.98.